The van der Waals surface area contributed by atoms with Crippen molar-refractivity contribution in [2.75, 3.05) is 26.2 Å². The predicted molar refractivity (Wildman–Crippen MR) is 70.2 cm³/mol. The van der Waals surface area contributed by atoms with E-state index in [0.29, 0.717) is 6.54 Å². The summed E-state index contributed by atoms with van der Waals surface area (Å²) in [4.78, 5) is 2.03. The quantitative estimate of drug-likeness (QED) is 0.921. The van der Waals surface area contributed by atoms with Gasteiger partial charge in [-0.25, -0.2) is 0 Å². The SMILES string of the molecule is CC1CNC(c2ccccc2)CN1CCOC(F)(F)F. The Hall–Kier alpha value is -1.11. The smallest absolute Gasteiger partial charge is 0.307 e. The van der Waals surface area contributed by atoms with Gasteiger partial charge in [-0.2, -0.15) is 0 Å². The Morgan fingerprint density at radius 1 is 1.30 bits per heavy atom. The van der Waals surface area contributed by atoms with Crippen LogP contribution in [0.5, 0.6) is 0 Å². The van der Waals surface area contributed by atoms with Gasteiger partial charge in [0.1, 0.15) is 0 Å². The lowest BCUT2D eigenvalue weighted by Crippen LogP contribution is -2.52. The van der Waals surface area contributed by atoms with Crippen LogP contribution in [-0.2, 0) is 4.74 Å². The van der Waals surface area contributed by atoms with E-state index in [-0.39, 0.29) is 25.2 Å². The van der Waals surface area contributed by atoms with E-state index >= 15 is 0 Å². The van der Waals surface area contributed by atoms with Gasteiger partial charge >= 0.3 is 6.36 Å². The molecule has 0 spiro atoms. The fourth-order valence-electron chi connectivity index (χ4n) is 2.42. The lowest BCUT2D eigenvalue weighted by molar-refractivity contribution is -0.325. The maximum absolute atomic E-state index is 12.0. The largest absolute Gasteiger partial charge is 0.522 e. The second kappa shape index (κ2) is 6.56. The van der Waals surface area contributed by atoms with Crippen LogP contribution in [-0.4, -0.2) is 43.5 Å². The zero-order valence-corrected chi connectivity index (χ0v) is 11.4. The number of benzene rings is 1. The molecule has 20 heavy (non-hydrogen) atoms. The van der Waals surface area contributed by atoms with Gasteiger partial charge < -0.3 is 5.32 Å². The first-order valence-electron chi connectivity index (χ1n) is 6.69. The highest BCUT2D eigenvalue weighted by atomic mass is 19.4. The van der Waals surface area contributed by atoms with Gasteiger partial charge in [0.15, 0.2) is 0 Å². The molecule has 0 saturated carbocycles. The van der Waals surface area contributed by atoms with Crippen LogP contribution in [0.1, 0.15) is 18.5 Å². The molecule has 112 valence electrons. The Morgan fingerprint density at radius 2 is 2.00 bits per heavy atom. The van der Waals surface area contributed by atoms with Crippen molar-refractivity contribution in [2.45, 2.75) is 25.4 Å². The third kappa shape index (κ3) is 4.47. The van der Waals surface area contributed by atoms with E-state index in [1.807, 2.05) is 42.2 Å². The van der Waals surface area contributed by atoms with Crippen LogP contribution in [0.2, 0.25) is 0 Å². The minimum atomic E-state index is -4.55. The Kier molecular flexibility index (Phi) is 5.01. The molecule has 2 atom stereocenters. The van der Waals surface area contributed by atoms with Gasteiger partial charge in [0.25, 0.3) is 0 Å². The summed E-state index contributed by atoms with van der Waals surface area (Å²) in [5.74, 6) is 0. The molecule has 1 aromatic carbocycles. The monoisotopic (exact) mass is 288 g/mol. The van der Waals surface area contributed by atoms with Crippen molar-refractivity contribution in [3.8, 4) is 0 Å². The molecule has 1 aromatic rings. The number of nitrogens with one attached hydrogen (secondary N) is 1. The molecule has 0 bridgehead atoms. The van der Waals surface area contributed by atoms with Gasteiger partial charge in [-0.05, 0) is 12.5 Å². The van der Waals surface area contributed by atoms with Crippen molar-refractivity contribution in [1.82, 2.24) is 10.2 Å². The van der Waals surface area contributed by atoms with Crippen LogP contribution in [0.4, 0.5) is 13.2 Å². The molecule has 0 aliphatic carbocycles. The average molecular weight is 288 g/mol. The van der Waals surface area contributed by atoms with E-state index in [9.17, 15) is 13.2 Å². The van der Waals surface area contributed by atoms with Crippen molar-refractivity contribution >= 4 is 0 Å². The fraction of sp³-hybridized carbons (Fsp3) is 0.571. The van der Waals surface area contributed by atoms with E-state index in [1.54, 1.807) is 0 Å². The van der Waals surface area contributed by atoms with Crippen molar-refractivity contribution in [3.05, 3.63) is 35.9 Å². The predicted octanol–water partition coefficient (Wildman–Crippen LogP) is 2.56. The summed E-state index contributed by atoms with van der Waals surface area (Å²) >= 11 is 0. The fourth-order valence-corrected chi connectivity index (χ4v) is 2.42. The Morgan fingerprint density at radius 3 is 2.65 bits per heavy atom. The molecule has 1 fully saturated rings. The topological polar surface area (TPSA) is 24.5 Å². The van der Waals surface area contributed by atoms with E-state index in [1.165, 1.54) is 0 Å². The summed E-state index contributed by atoms with van der Waals surface area (Å²) in [5, 5.41) is 3.42. The maximum Gasteiger partial charge on any atom is 0.522 e. The highest BCUT2D eigenvalue weighted by molar-refractivity contribution is 5.20. The number of rotatable bonds is 4. The molecule has 1 N–H and O–H groups in total. The Labute approximate surface area is 116 Å². The molecule has 0 amide bonds. The number of hydrogen-bond acceptors (Lipinski definition) is 3. The molecule has 0 aromatic heterocycles. The average Bonchev–Trinajstić information content (AvgIpc) is 2.40. The summed E-state index contributed by atoms with van der Waals surface area (Å²) < 4.78 is 39.8. The molecule has 1 saturated heterocycles. The lowest BCUT2D eigenvalue weighted by Gasteiger charge is -2.39. The molecular weight excluding hydrogens is 269 g/mol. The molecule has 0 radical (unpaired) electrons. The van der Waals surface area contributed by atoms with Crippen LogP contribution in [0.3, 0.4) is 0 Å². The van der Waals surface area contributed by atoms with E-state index in [0.717, 1.165) is 12.1 Å². The van der Waals surface area contributed by atoms with Crippen LogP contribution >= 0.6 is 0 Å². The van der Waals surface area contributed by atoms with Crippen molar-refractivity contribution in [2.24, 2.45) is 0 Å². The first-order chi connectivity index (χ1) is 9.46. The van der Waals surface area contributed by atoms with Gasteiger partial charge in [0, 0.05) is 31.7 Å². The number of ether oxygens (including phenoxy) is 1. The molecule has 2 unspecified atom stereocenters. The van der Waals surface area contributed by atoms with Gasteiger partial charge in [-0.15, -0.1) is 13.2 Å². The maximum atomic E-state index is 12.0. The standard InChI is InChI=1S/C14H19F3N2O/c1-11-9-18-13(12-5-3-2-4-6-12)10-19(11)7-8-20-14(15,16)17/h2-6,11,13,18H,7-10H2,1H3. The summed E-state index contributed by atoms with van der Waals surface area (Å²) in [6, 6.07) is 10.3. The zero-order valence-electron chi connectivity index (χ0n) is 11.4. The third-order valence-electron chi connectivity index (χ3n) is 3.55. The molecule has 6 heteroatoms. The minimum Gasteiger partial charge on any atom is -0.307 e. The number of hydrogen-bond donors (Lipinski definition) is 1. The first kappa shape index (κ1) is 15.3. The Bertz CT molecular complexity index is 411. The highest BCUT2D eigenvalue weighted by Crippen LogP contribution is 2.20. The minimum absolute atomic E-state index is 0.151. The van der Waals surface area contributed by atoms with Gasteiger partial charge in [-0.3, -0.25) is 9.64 Å². The highest BCUT2D eigenvalue weighted by Gasteiger charge is 2.30. The zero-order chi connectivity index (χ0) is 14.6. The summed E-state index contributed by atoms with van der Waals surface area (Å²) in [5.41, 5.74) is 1.15. The van der Waals surface area contributed by atoms with Crippen LogP contribution in [0.15, 0.2) is 30.3 Å². The second-order valence-corrected chi connectivity index (χ2v) is 5.01. The Balaban J connectivity index is 1.88. The lowest BCUT2D eigenvalue weighted by atomic mass is 10.0. The summed E-state index contributed by atoms with van der Waals surface area (Å²) in [7, 11) is 0. The van der Waals surface area contributed by atoms with E-state index in [4.69, 9.17) is 0 Å². The van der Waals surface area contributed by atoms with Gasteiger partial charge in [-0.1, -0.05) is 30.3 Å². The van der Waals surface area contributed by atoms with E-state index < -0.39 is 6.36 Å². The molecule has 1 aliphatic rings. The number of alkyl halides is 3. The first-order valence-corrected chi connectivity index (χ1v) is 6.69. The molecule has 3 nitrogen and oxygen atoms in total. The normalized spacial score (nSPS) is 24.8. The van der Waals surface area contributed by atoms with Gasteiger partial charge in [0.05, 0.1) is 6.61 Å². The summed E-state index contributed by atoms with van der Waals surface area (Å²) in [6.07, 6.45) is -4.55. The molecule has 2 rings (SSSR count). The van der Waals surface area contributed by atoms with E-state index in [2.05, 4.69) is 10.1 Å². The second-order valence-electron chi connectivity index (χ2n) is 5.01. The van der Waals surface area contributed by atoms with Crippen LogP contribution < -0.4 is 5.32 Å². The number of piperazine rings is 1. The summed E-state index contributed by atoms with van der Waals surface area (Å²) in [6.45, 7) is 3.40. The van der Waals surface area contributed by atoms with Crippen molar-refractivity contribution in [3.63, 3.8) is 0 Å². The number of halogens is 3. The van der Waals surface area contributed by atoms with Gasteiger partial charge in [0.2, 0.25) is 0 Å². The number of nitrogens with zero attached hydrogens (tertiary/aromatic N) is 1. The molecular formula is C14H19F3N2O. The molecule has 1 heterocycles. The van der Waals surface area contributed by atoms with Crippen molar-refractivity contribution < 1.29 is 17.9 Å². The third-order valence-corrected chi connectivity index (χ3v) is 3.55. The van der Waals surface area contributed by atoms with Crippen molar-refractivity contribution in [1.29, 1.82) is 0 Å². The molecule has 1 aliphatic heterocycles. The van der Waals surface area contributed by atoms with Crippen LogP contribution in [0, 0.1) is 0 Å². The van der Waals surface area contributed by atoms with Crippen LogP contribution in [0.25, 0.3) is 0 Å².